The van der Waals surface area contributed by atoms with Crippen molar-refractivity contribution in [2.75, 3.05) is 5.32 Å². The highest BCUT2D eigenvalue weighted by Gasteiger charge is 2.17. The Morgan fingerprint density at radius 3 is 2.82 bits per heavy atom. The van der Waals surface area contributed by atoms with Crippen LogP contribution in [0.3, 0.4) is 0 Å². The first-order valence-corrected chi connectivity index (χ1v) is 7.40. The van der Waals surface area contributed by atoms with E-state index in [1.807, 2.05) is 33.8 Å². The summed E-state index contributed by atoms with van der Waals surface area (Å²) in [5.41, 5.74) is 0.938. The van der Waals surface area contributed by atoms with Gasteiger partial charge in [0, 0.05) is 12.5 Å². The van der Waals surface area contributed by atoms with Crippen LogP contribution in [0.4, 0.5) is 5.82 Å². The summed E-state index contributed by atoms with van der Waals surface area (Å²) < 4.78 is 0. The maximum atomic E-state index is 11.7. The molecule has 1 rings (SSSR count). The van der Waals surface area contributed by atoms with Gasteiger partial charge >= 0.3 is 0 Å². The van der Waals surface area contributed by atoms with Crippen LogP contribution in [-0.2, 0) is 4.79 Å². The summed E-state index contributed by atoms with van der Waals surface area (Å²) in [7, 11) is 1.43. The van der Waals surface area contributed by atoms with Crippen LogP contribution < -0.4 is 5.32 Å². The number of H-pyrrole nitrogens is 1. The van der Waals surface area contributed by atoms with E-state index in [4.69, 9.17) is 0 Å². The van der Waals surface area contributed by atoms with Crippen molar-refractivity contribution in [1.29, 1.82) is 0 Å². The van der Waals surface area contributed by atoms with Crippen LogP contribution in [0.1, 0.15) is 45.1 Å². The zero-order valence-corrected chi connectivity index (χ0v) is 12.3. The number of nitrogens with zero attached hydrogens (tertiary/aromatic N) is 1. The largest absolute Gasteiger partial charge is 0.309 e. The molecule has 0 saturated heterocycles. The molecule has 96 valence electrons. The van der Waals surface area contributed by atoms with Crippen molar-refractivity contribution < 1.29 is 4.79 Å². The van der Waals surface area contributed by atoms with Crippen molar-refractivity contribution in [3.05, 3.63) is 11.8 Å². The number of anilines is 1. The van der Waals surface area contributed by atoms with Crippen LogP contribution in [0.15, 0.2) is 6.07 Å². The monoisotopic (exact) mass is 273 g/mol. The maximum Gasteiger partial charge on any atom is 0.226 e. The van der Waals surface area contributed by atoms with Crippen LogP contribution in [0.25, 0.3) is 0 Å². The summed E-state index contributed by atoms with van der Waals surface area (Å²) in [5.74, 6) is 0.560. The van der Waals surface area contributed by atoms with Gasteiger partial charge in [0.1, 0.15) is 0 Å². The number of rotatable bonds is 4. The van der Waals surface area contributed by atoms with Crippen molar-refractivity contribution in [3.8, 4) is 0 Å². The van der Waals surface area contributed by atoms with E-state index < -0.39 is 0 Å². The van der Waals surface area contributed by atoms with Crippen LogP contribution in [0.5, 0.6) is 0 Å². The first-order valence-electron chi connectivity index (χ1n) is 5.47. The fourth-order valence-corrected chi connectivity index (χ4v) is 1.91. The Kier molecular flexibility index (Phi) is 4.94. The molecule has 0 spiro atoms. The lowest BCUT2D eigenvalue weighted by molar-refractivity contribution is -0.117. The second kappa shape index (κ2) is 5.82. The van der Waals surface area contributed by atoms with Crippen molar-refractivity contribution in [2.45, 2.75) is 39.4 Å². The standard InChI is InChI=1S/C11H19N3OS2/c1-7(17-16)8-5-9(14-13-8)12-10(15)6-11(2,3)4/h5,7,16H,6H2,1-4H3,(H2,12,13,14,15). The first-order chi connectivity index (χ1) is 7.81. The molecule has 1 amide bonds. The van der Waals surface area contributed by atoms with Gasteiger partial charge in [-0.25, -0.2) is 0 Å². The minimum absolute atomic E-state index is 0.0123. The molecule has 0 radical (unpaired) electrons. The van der Waals surface area contributed by atoms with Gasteiger partial charge in [-0.15, -0.1) is 11.7 Å². The Labute approximate surface area is 111 Å². The van der Waals surface area contributed by atoms with Gasteiger partial charge in [0.15, 0.2) is 5.82 Å². The third-order valence-electron chi connectivity index (χ3n) is 2.15. The summed E-state index contributed by atoms with van der Waals surface area (Å²) >= 11 is 4.14. The van der Waals surface area contributed by atoms with Crippen LogP contribution in [0.2, 0.25) is 0 Å². The molecular weight excluding hydrogens is 254 g/mol. The van der Waals surface area contributed by atoms with Crippen LogP contribution >= 0.6 is 22.5 Å². The maximum absolute atomic E-state index is 11.7. The molecule has 0 saturated carbocycles. The van der Waals surface area contributed by atoms with E-state index in [1.54, 1.807) is 0 Å². The SMILES string of the molecule is CC(SS)c1cc(NC(=O)CC(C)(C)C)n[nH]1. The summed E-state index contributed by atoms with van der Waals surface area (Å²) in [4.78, 5) is 11.7. The van der Waals surface area contributed by atoms with Gasteiger partial charge in [-0.05, 0) is 12.3 Å². The number of aromatic amines is 1. The molecule has 6 heteroatoms. The highest BCUT2D eigenvalue weighted by Crippen LogP contribution is 2.30. The molecule has 4 nitrogen and oxygen atoms in total. The van der Waals surface area contributed by atoms with Gasteiger partial charge in [-0.2, -0.15) is 5.10 Å². The van der Waals surface area contributed by atoms with E-state index in [-0.39, 0.29) is 16.6 Å². The second-order valence-electron chi connectivity index (χ2n) is 5.24. The molecule has 17 heavy (non-hydrogen) atoms. The number of hydrogen-bond acceptors (Lipinski definition) is 4. The summed E-state index contributed by atoms with van der Waals surface area (Å²) in [6.07, 6.45) is 0.478. The molecule has 1 aromatic rings. The molecule has 1 aromatic heterocycles. The molecule has 2 N–H and O–H groups in total. The van der Waals surface area contributed by atoms with Gasteiger partial charge in [0.05, 0.1) is 10.9 Å². The quantitative estimate of drug-likeness (QED) is 0.582. The Balaban J connectivity index is 2.58. The van der Waals surface area contributed by atoms with Gasteiger partial charge < -0.3 is 5.32 Å². The van der Waals surface area contributed by atoms with E-state index in [1.165, 1.54) is 10.8 Å². The molecule has 0 bridgehead atoms. The van der Waals surface area contributed by atoms with E-state index in [9.17, 15) is 4.79 Å². The van der Waals surface area contributed by atoms with E-state index in [2.05, 4.69) is 27.2 Å². The van der Waals surface area contributed by atoms with Crippen LogP contribution in [0, 0.1) is 5.41 Å². The Morgan fingerprint density at radius 1 is 1.65 bits per heavy atom. The average Bonchev–Trinajstić information content (AvgIpc) is 2.62. The molecule has 1 atom stereocenters. The average molecular weight is 273 g/mol. The fraction of sp³-hybridized carbons (Fsp3) is 0.636. The van der Waals surface area contributed by atoms with Gasteiger partial charge in [0.2, 0.25) is 5.91 Å². The summed E-state index contributed by atoms with van der Waals surface area (Å²) in [6, 6.07) is 1.84. The Bertz CT molecular complexity index is 384. The third kappa shape index (κ3) is 5.04. The first kappa shape index (κ1) is 14.4. The number of thiol groups is 1. The minimum Gasteiger partial charge on any atom is -0.309 e. The number of amides is 1. The summed E-state index contributed by atoms with van der Waals surface area (Å²) in [6.45, 7) is 8.11. The lowest BCUT2D eigenvalue weighted by Gasteiger charge is -2.16. The normalized spacial score (nSPS) is 13.5. The Morgan fingerprint density at radius 2 is 2.29 bits per heavy atom. The zero-order valence-electron chi connectivity index (χ0n) is 10.6. The van der Waals surface area contributed by atoms with E-state index >= 15 is 0 Å². The number of nitrogens with one attached hydrogen (secondary N) is 2. The Hall–Kier alpha value is -0.620. The molecule has 0 aliphatic carbocycles. The van der Waals surface area contributed by atoms with Crippen molar-refractivity contribution >= 4 is 34.2 Å². The number of aromatic nitrogens is 2. The third-order valence-corrected chi connectivity index (χ3v) is 3.67. The van der Waals surface area contributed by atoms with E-state index in [0.717, 1.165) is 5.69 Å². The molecule has 0 aromatic carbocycles. The predicted octanol–water partition coefficient (Wildman–Crippen LogP) is 3.42. The predicted molar refractivity (Wildman–Crippen MR) is 76.3 cm³/mol. The molecule has 0 fully saturated rings. The number of carbonyl (C=O) groups excluding carboxylic acids is 1. The molecular formula is C11H19N3OS2. The smallest absolute Gasteiger partial charge is 0.226 e. The highest BCUT2D eigenvalue weighted by molar-refractivity contribution is 8.68. The molecule has 1 heterocycles. The van der Waals surface area contributed by atoms with Gasteiger partial charge in [-0.1, -0.05) is 31.6 Å². The van der Waals surface area contributed by atoms with Crippen molar-refractivity contribution in [2.24, 2.45) is 5.41 Å². The molecule has 0 aliphatic heterocycles. The fourth-order valence-electron chi connectivity index (χ4n) is 1.33. The van der Waals surface area contributed by atoms with Crippen molar-refractivity contribution in [3.63, 3.8) is 0 Å². The van der Waals surface area contributed by atoms with E-state index in [0.29, 0.717) is 12.2 Å². The second-order valence-corrected chi connectivity index (χ2v) is 6.79. The topological polar surface area (TPSA) is 57.8 Å². The molecule has 0 aliphatic rings. The van der Waals surface area contributed by atoms with Crippen LogP contribution in [-0.4, -0.2) is 16.1 Å². The highest BCUT2D eigenvalue weighted by atomic mass is 33.1. The zero-order chi connectivity index (χ0) is 13.1. The lowest BCUT2D eigenvalue weighted by Crippen LogP contribution is -2.19. The minimum atomic E-state index is -0.0164. The number of hydrogen-bond donors (Lipinski definition) is 3. The van der Waals surface area contributed by atoms with Crippen molar-refractivity contribution in [1.82, 2.24) is 10.2 Å². The van der Waals surface area contributed by atoms with Gasteiger partial charge in [0.25, 0.3) is 0 Å². The summed E-state index contributed by atoms with van der Waals surface area (Å²) in [5, 5.41) is 9.94. The number of carbonyl (C=O) groups is 1. The van der Waals surface area contributed by atoms with Gasteiger partial charge in [-0.3, -0.25) is 9.89 Å². The molecule has 1 unspecified atom stereocenters. The lowest BCUT2D eigenvalue weighted by atomic mass is 9.92.